The lowest BCUT2D eigenvalue weighted by molar-refractivity contribution is -0.134. The number of rotatable bonds is 3. The van der Waals surface area contributed by atoms with Crippen LogP contribution in [0.4, 0.5) is 0 Å². The number of ether oxygens (including phenoxy) is 1. The van der Waals surface area contributed by atoms with Crippen molar-refractivity contribution in [1.82, 2.24) is 9.88 Å². The van der Waals surface area contributed by atoms with Crippen LogP contribution in [0.15, 0.2) is 37.2 Å². The summed E-state index contributed by atoms with van der Waals surface area (Å²) in [5, 5.41) is 0. The van der Waals surface area contributed by atoms with Crippen LogP contribution in [0.3, 0.4) is 0 Å². The summed E-state index contributed by atoms with van der Waals surface area (Å²) < 4.78 is 5.58. The van der Waals surface area contributed by atoms with E-state index in [9.17, 15) is 4.79 Å². The number of nitrogens with zero attached hydrogens (tertiary/aromatic N) is 2. The molecule has 0 bridgehead atoms. The summed E-state index contributed by atoms with van der Waals surface area (Å²) >= 11 is 0. The third kappa shape index (κ3) is 2.15. The number of likely N-dealkylation sites (tertiary alicyclic amines) is 1. The first-order valence-electron chi connectivity index (χ1n) is 4.77. The molecule has 1 aliphatic heterocycles. The minimum absolute atomic E-state index is 0.0407. The van der Waals surface area contributed by atoms with Gasteiger partial charge in [-0.2, -0.15) is 0 Å². The molecule has 0 saturated carbocycles. The molecule has 0 unspecified atom stereocenters. The van der Waals surface area contributed by atoms with Gasteiger partial charge in [0.2, 0.25) is 5.91 Å². The van der Waals surface area contributed by atoms with Gasteiger partial charge in [0, 0.05) is 6.20 Å². The Morgan fingerprint density at radius 2 is 2.47 bits per heavy atom. The average molecular weight is 204 g/mol. The Hall–Kier alpha value is -1.84. The summed E-state index contributed by atoms with van der Waals surface area (Å²) in [6.45, 7) is 4.68. The highest BCUT2D eigenvalue weighted by Gasteiger charge is 2.30. The van der Waals surface area contributed by atoms with Crippen LogP contribution in [0, 0.1) is 0 Å². The summed E-state index contributed by atoms with van der Waals surface area (Å²) in [5.41, 5.74) is 0. The lowest BCUT2D eigenvalue weighted by Crippen LogP contribution is -2.55. The van der Waals surface area contributed by atoms with Gasteiger partial charge in [0.1, 0.15) is 11.9 Å². The number of amides is 1. The van der Waals surface area contributed by atoms with Gasteiger partial charge in [-0.3, -0.25) is 9.78 Å². The van der Waals surface area contributed by atoms with Crippen molar-refractivity contribution in [2.75, 3.05) is 13.1 Å². The fourth-order valence-electron chi connectivity index (χ4n) is 1.43. The molecule has 15 heavy (non-hydrogen) atoms. The van der Waals surface area contributed by atoms with Crippen LogP contribution in [0.25, 0.3) is 0 Å². The van der Waals surface area contributed by atoms with E-state index in [-0.39, 0.29) is 12.0 Å². The Morgan fingerprint density at radius 1 is 1.67 bits per heavy atom. The number of carbonyl (C=O) groups is 1. The Bertz CT molecular complexity index is 358. The van der Waals surface area contributed by atoms with Crippen LogP contribution < -0.4 is 4.74 Å². The molecule has 4 nitrogen and oxygen atoms in total. The quantitative estimate of drug-likeness (QED) is 0.686. The number of aromatic nitrogens is 1. The molecule has 0 radical (unpaired) electrons. The first-order chi connectivity index (χ1) is 7.29. The fraction of sp³-hybridized carbons (Fsp3) is 0.273. The number of hydrogen-bond acceptors (Lipinski definition) is 3. The Balaban J connectivity index is 1.81. The number of carbonyl (C=O) groups excluding carboxylic acids is 1. The van der Waals surface area contributed by atoms with Crippen LogP contribution in [0.5, 0.6) is 5.75 Å². The minimum atomic E-state index is -0.0407. The second kappa shape index (κ2) is 4.13. The van der Waals surface area contributed by atoms with Crippen LogP contribution in [-0.2, 0) is 4.79 Å². The highest BCUT2D eigenvalue weighted by molar-refractivity contribution is 5.87. The zero-order valence-corrected chi connectivity index (χ0v) is 8.30. The van der Waals surface area contributed by atoms with Crippen molar-refractivity contribution >= 4 is 5.91 Å². The fourth-order valence-corrected chi connectivity index (χ4v) is 1.43. The van der Waals surface area contributed by atoms with Crippen molar-refractivity contribution in [3.05, 3.63) is 37.2 Å². The molecule has 2 rings (SSSR count). The first kappa shape index (κ1) is 9.71. The molecular weight excluding hydrogens is 192 g/mol. The molecule has 1 amide bonds. The minimum Gasteiger partial charge on any atom is -0.485 e. The summed E-state index contributed by atoms with van der Waals surface area (Å²) in [6, 6.07) is 3.67. The first-order valence-corrected chi connectivity index (χ1v) is 4.77. The second-order valence-corrected chi connectivity index (χ2v) is 3.38. The molecule has 1 aromatic heterocycles. The molecular formula is C11H12N2O2. The zero-order chi connectivity index (χ0) is 10.7. The van der Waals surface area contributed by atoms with E-state index in [4.69, 9.17) is 4.74 Å². The highest BCUT2D eigenvalue weighted by atomic mass is 16.5. The third-order valence-corrected chi connectivity index (χ3v) is 2.27. The standard InChI is InChI=1S/C11H12N2O2/c1-2-11(14)13-7-10(8-13)15-9-4-3-5-12-6-9/h2-6,10H,1,7-8H2. The summed E-state index contributed by atoms with van der Waals surface area (Å²) in [4.78, 5) is 16.8. The van der Waals surface area contributed by atoms with Gasteiger partial charge in [-0.1, -0.05) is 6.58 Å². The molecule has 1 fully saturated rings. The molecule has 78 valence electrons. The number of hydrogen-bond donors (Lipinski definition) is 0. The molecule has 1 aliphatic rings. The van der Waals surface area contributed by atoms with E-state index in [0.29, 0.717) is 13.1 Å². The maximum Gasteiger partial charge on any atom is 0.246 e. The predicted molar refractivity (Wildman–Crippen MR) is 55.4 cm³/mol. The molecule has 0 aromatic carbocycles. The largest absolute Gasteiger partial charge is 0.485 e. The maximum absolute atomic E-state index is 11.1. The van der Waals surface area contributed by atoms with E-state index in [1.165, 1.54) is 6.08 Å². The van der Waals surface area contributed by atoms with Gasteiger partial charge in [-0.15, -0.1) is 0 Å². The molecule has 2 heterocycles. The smallest absolute Gasteiger partial charge is 0.246 e. The van der Waals surface area contributed by atoms with Crippen LogP contribution >= 0.6 is 0 Å². The SMILES string of the molecule is C=CC(=O)N1CC(Oc2cccnc2)C1. The monoisotopic (exact) mass is 204 g/mol. The Kier molecular flexibility index (Phi) is 2.67. The zero-order valence-electron chi connectivity index (χ0n) is 8.30. The van der Waals surface area contributed by atoms with Crippen LogP contribution in [-0.4, -0.2) is 35.0 Å². The average Bonchev–Trinajstić information content (AvgIpc) is 2.23. The van der Waals surface area contributed by atoms with Crippen molar-refractivity contribution in [3.63, 3.8) is 0 Å². The summed E-state index contributed by atoms with van der Waals surface area (Å²) in [6.07, 6.45) is 4.76. The normalized spacial score (nSPS) is 15.6. The summed E-state index contributed by atoms with van der Waals surface area (Å²) in [7, 11) is 0. The van der Waals surface area contributed by atoms with Crippen molar-refractivity contribution < 1.29 is 9.53 Å². The van der Waals surface area contributed by atoms with E-state index in [1.54, 1.807) is 17.3 Å². The summed E-state index contributed by atoms with van der Waals surface area (Å²) in [5.74, 6) is 0.703. The molecule has 1 aromatic rings. The maximum atomic E-state index is 11.1. The van der Waals surface area contributed by atoms with Crippen LogP contribution in [0.1, 0.15) is 0 Å². The predicted octanol–water partition coefficient (Wildman–Crippen LogP) is 0.857. The molecule has 0 atom stereocenters. The third-order valence-electron chi connectivity index (χ3n) is 2.27. The van der Waals surface area contributed by atoms with E-state index >= 15 is 0 Å². The van der Waals surface area contributed by atoms with Gasteiger partial charge in [0.05, 0.1) is 19.3 Å². The molecule has 1 saturated heterocycles. The lowest BCUT2D eigenvalue weighted by Gasteiger charge is -2.38. The molecule has 0 N–H and O–H groups in total. The Labute approximate surface area is 88.2 Å². The lowest BCUT2D eigenvalue weighted by atomic mass is 10.1. The van der Waals surface area contributed by atoms with Gasteiger partial charge < -0.3 is 9.64 Å². The van der Waals surface area contributed by atoms with Gasteiger partial charge >= 0.3 is 0 Å². The topological polar surface area (TPSA) is 42.4 Å². The van der Waals surface area contributed by atoms with Crippen LogP contribution in [0.2, 0.25) is 0 Å². The Morgan fingerprint density at radius 3 is 3.07 bits per heavy atom. The van der Waals surface area contributed by atoms with E-state index in [2.05, 4.69) is 11.6 Å². The molecule has 4 heteroatoms. The van der Waals surface area contributed by atoms with E-state index in [0.717, 1.165) is 5.75 Å². The van der Waals surface area contributed by atoms with Gasteiger partial charge in [-0.05, 0) is 18.2 Å². The highest BCUT2D eigenvalue weighted by Crippen LogP contribution is 2.16. The van der Waals surface area contributed by atoms with Crippen molar-refractivity contribution in [2.45, 2.75) is 6.10 Å². The molecule has 0 aliphatic carbocycles. The van der Waals surface area contributed by atoms with Gasteiger partial charge in [0.25, 0.3) is 0 Å². The van der Waals surface area contributed by atoms with E-state index < -0.39 is 0 Å². The van der Waals surface area contributed by atoms with Crippen molar-refractivity contribution in [2.24, 2.45) is 0 Å². The van der Waals surface area contributed by atoms with Gasteiger partial charge in [-0.25, -0.2) is 0 Å². The van der Waals surface area contributed by atoms with E-state index in [1.807, 2.05) is 12.1 Å². The van der Waals surface area contributed by atoms with Crippen molar-refractivity contribution in [1.29, 1.82) is 0 Å². The van der Waals surface area contributed by atoms with Gasteiger partial charge in [0.15, 0.2) is 0 Å². The number of pyridine rings is 1. The molecule has 0 spiro atoms. The van der Waals surface area contributed by atoms with Crippen molar-refractivity contribution in [3.8, 4) is 5.75 Å². The second-order valence-electron chi connectivity index (χ2n) is 3.38.